The Bertz CT molecular complexity index is 271. The number of hydrogen-bond donors (Lipinski definition) is 0. The first kappa shape index (κ1) is 12.5. The van der Waals surface area contributed by atoms with E-state index in [1.165, 1.54) is 30.7 Å². The fourth-order valence-corrected chi connectivity index (χ4v) is 3.64. The summed E-state index contributed by atoms with van der Waals surface area (Å²) < 4.78 is 0. The average Bonchev–Trinajstić information content (AvgIpc) is 2.28. The highest BCUT2D eigenvalue weighted by Gasteiger charge is 2.00. The van der Waals surface area contributed by atoms with Crippen LogP contribution in [0.15, 0.2) is 36.1 Å². The van der Waals surface area contributed by atoms with Crippen molar-refractivity contribution in [3.05, 3.63) is 41.7 Å². The summed E-state index contributed by atoms with van der Waals surface area (Å²) >= 11 is 0. The van der Waals surface area contributed by atoms with E-state index in [-0.39, 0.29) is 7.92 Å². The first-order chi connectivity index (χ1) is 7.36. The van der Waals surface area contributed by atoms with Gasteiger partial charge in [0, 0.05) is 0 Å². The van der Waals surface area contributed by atoms with E-state index in [2.05, 4.69) is 56.1 Å². The van der Waals surface area contributed by atoms with Crippen LogP contribution >= 0.6 is 7.92 Å². The second kappa shape index (κ2) is 7.65. The summed E-state index contributed by atoms with van der Waals surface area (Å²) in [4.78, 5) is 0. The molecule has 0 aliphatic heterocycles. The van der Waals surface area contributed by atoms with E-state index in [1.54, 1.807) is 0 Å². The second-order valence-corrected chi connectivity index (χ2v) is 6.13. The van der Waals surface area contributed by atoms with Crippen molar-refractivity contribution in [2.24, 2.45) is 0 Å². The maximum Gasteiger partial charge on any atom is -0.0256 e. The van der Waals surface area contributed by atoms with Crippen LogP contribution in [0.3, 0.4) is 0 Å². The Morgan fingerprint density at radius 1 is 1.00 bits per heavy atom. The highest BCUT2D eigenvalue weighted by molar-refractivity contribution is 7.61. The van der Waals surface area contributed by atoms with Crippen molar-refractivity contribution >= 4 is 14.0 Å². The SMILES string of the molecule is CCCP(/C=C/c1ccccc1)CCC. The zero-order valence-corrected chi connectivity index (χ0v) is 10.7. The van der Waals surface area contributed by atoms with E-state index in [0.29, 0.717) is 0 Å². The predicted molar refractivity (Wildman–Crippen MR) is 72.7 cm³/mol. The Kier molecular flexibility index (Phi) is 6.36. The van der Waals surface area contributed by atoms with Gasteiger partial charge < -0.3 is 0 Å². The molecule has 0 aliphatic carbocycles. The minimum atomic E-state index is 0.135. The highest BCUT2D eigenvalue weighted by atomic mass is 31.1. The standard InChI is InChI=1S/C14H21P/c1-3-11-15(12-4-2)13-10-14-8-6-5-7-9-14/h5-10,13H,3-4,11-12H2,1-2H3/b13-10+. The molecule has 0 aromatic heterocycles. The third kappa shape index (κ3) is 5.14. The molecule has 1 aromatic carbocycles. The van der Waals surface area contributed by atoms with Crippen LogP contribution in [0.4, 0.5) is 0 Å². The van der Waals surface area contributed by atoms with Gasteiger partial charge in [-0.05, 0) is 17.9 Å². The van der Waals surface area contributed by atoms with Crippen molar-refractivity contribution in [1.29, 1.82) is 0 Å². The number of benzene rings is 1. The van der Waals surface area contributed by atoms with Crippen molar-refractivity contribution in [2.75, 3.05) is 12.3 Å². The van der Waals surface area contributed by atoms with Gasteiger partial charge in [-0.2, -0.15) is 0 Å². The van der Waals surface area contributed by atoms with E-state index < -0.39 is 0 Å². The van der Waals surface area contributed by atoms with Crippen LogP contribution in [-0.4, -0.2) is 12.3 Å². The molecule has 0 fully saturated rings. The van der Waals surface area contributed by atoms with Gasteiger partial charge in [0.1, 0.15) is 0 Å². The van der Waals surface area contributed by atoms with E-state index in [9.17, 15) is 0 Å². The van der Waals surface area contributed by atoms with Crippen LogP contribution in [0.25, 0.3) is 6.08 Å². The summed E-state index contributed by atoms with van der Waals surface area (Å²) in [6.45, 7) is 4.56. The van der Waals surface area contributed by atoms with Gasteiger partial charge in [0.15, 0.2) is 0 Å². The van der Waals surface area contributed by atoms with Gasteiger partial charge in [-0.15, -0.1) is 0 Å². The number of hydrogen-bond acceptors (Lipinski definition) is 0. The molecule has 1 aromatic rings. The minimum Gasteiger partial charge on any atom is -0.0833 e. The third-order valence-corrected chi connectivity index (χ3v) is 4.91. The molecule has 0 nitrogen and oxygen atoms in total. The average molecular weight is 220 g/mol. The normalized spacial score (nSPS) is 11.4. The van der Waals surface area contributed by atoms with Gasteiger partial charge in [-0.1, -0.05) is 76.8 Å². The number of rotatable bonds is 6. The van der Waals surface area contributed by atoms with Crippen LogP contribution in [0, 0.1) is 0 Å². The molecular formula is C14H21P. The van der Waals surface area contributed by atoms with Crippen molar-refractivity contribution in [3.8, 4) is 0 Å². The molecular weight excluding hydrogens is 199 g/mol. The lowest BCUT2D eigenvalue weighted by molar-refractivity contribution is 1.06. The van der Waals surface area contributed by atoms with E-state index in [1.807, 2.05) is 0 Å². The highest BCUT2D eigenvalue weighted by Crippen LogP contribution is 2.39. The molecule has 0 spiro atoms. The molecule has 0 bridgehead atoms. The summed E-state index contributed by atoms with van der Waals surface area (Å²) in [5, 5.41) is 0. The van der Waals surface area contributed by atoms with Crippen LogP contribution in [0.1, 0.15) is 32.3 Å². The Morgan fingerprint density at radius 3 is 2.13 bits per heavy atom. The van der Waals surface area contributed by atoms with E-state index in [0.717, 1.165) is 0 Å². The van der Waals surface area contributed by atoms with Gasteiger partial charge in [0.05, 0.1) is 0 Å². The molecule has 0 unspecified atom stereocenters. The summed E-state index contributed by atoms with van der Waals surface area (Å²) in [7, 11) is 0.135. The first-order valence-electron chi connectivity index (χ1n) is 5.84. The maximum atomic E-state index is 2.44. The lowest BCUT2D eigenvalue weighted by atomic mass is 10.2. The first-order valence-corrected chi connectivity index (χ1v) is 7.62. The summed E-state index contributed by atoms with van der Waals surface area (Å²) in [5.41, 5.74) is 1.33. The quantitative estimate of drug-likeness (QED) is 0.594. The Morgan fingerprint density at radius 2 is 1.60 bits per heavy atom. The maximum absolute atomic E-state index is 2.44. The fraction of sp³-hybridized carbons (Fsp3) is 0.429. The molecule has 0 radical (unpaired) electrons. The molecule has 0 aliphatic rings. The van der Waals surface area contributed by atoms with E-state index >= 15 is 0 Å². The molecule has 82 valence electrons. The fourth-order valence-electron chi connectivity index (χ4n) is 1.59. The van der Waals surface area contributed by atoms with E-state index in [4.69, 9.17) is 0 Å². The van der Waals surface area contributed by atoms with Crippen LogP contribution < -0.4 is 0 Å². The minimum absolute atomic E-state index is 0.135. The predicted octanol–water partition coefficient (Wildman–Crippen LogP) is 4.96. The van der Waals surface area contributed by atoms with Gasteiger partial charge in [0.25, 0.3) is 0 Å². The molecule has 0 atom stereocenters. The zero-order valence-electron chi connectivity index (χ0n) is 9.82. The molecule has 0 amide bonds. The molecule has 0 N–H and O–H groups in total. The Balaban J connectivity index is 2.53. The summed E-state index contributed by atoms with van der Waals surface area (Å²) in [5.74, 6) is 2.44. The van der Waals surface area contributed by atoms with Gasteiger partial charge in [-0.25, -0.2) is 0 Å². The zero-order chi connectivity index (χ0) is 10.9. The lowest BCUT2D eigenvalue weighted by Crippen LogP contribution is -1.84. The van der Waals surface area contributed by atoms with Gasteiger partial charge in [-0.3, -0.25) is 0 Å². The van der Waals surface area contributed by atoms with Crippen molar-refractivity contribution in [2.45, 2.75) is 26.7 Å². The topological polar surface area (TPSA) is 0 Å². The third-order valence-electron chi connectivity index (χ3n) is 2.30. The second-order valence-electron chi connectivity index (χ2n) is 3.76. The van der Waals surface area contributed by atoms with Crippen LogP contribution in [0.5, 0.6) is 0 Å². The van der Waals surface area contributed by atoms with Crippen LogP contribution in [-0.2, 0) is 0 Å². The lowest BCUT2D eigenvalue weighted by Gasteiger charge is -2.10. The monoisotopic (exact) mass is 220 g/mol. The molecule has 0 saturated heterocycles. The van der Waals surface area contributed by atoms with Crippen molar-refractivity contribution in [1.82, 2.24) is 0 Å². The summed E-state index contributed by atoms with van der Waals surface area (Å²) in [6.07, 6.45) is 7.67. The molecule has 0 saturated carbocycles. The summed E-state index contributed by atoms with van der Waals surface area (Å²) in [6, 6.07) is 10.6. The Hall–Kier alpha value is -0.610. The molecule has 0 heterocycles. The van der Waals surface area contributed by atoms with Gasteiger partial charge in [0.2, 0.25) is 0 Å². The molecule has 1 heteroatoms. The van der Waals surface area contributed by atoms with Crippen molar-refractivity contribution < 1.29 is 0 Å². The van der Waals surface area contributed by atoms with Gasteiger partial charge >= 0.3 is 0 Å². The smallest absolute Gasteiger partial charge is 0.0256 e. The molecule has 1 rings (SSSR count). The van der Waals surface area contributed by atoms with Crippen molar-refractivity contribution in [3.63, 3.8) is 0 Å². The Labute approximate surface area is 95.2 Å². The largest absolute Gasteiger partial charge is 0.0833 e. The molecule has 15 heavy (non-hydrogen) atoms. The van der Waals surface area contributed by atoms with Crippen LogP contribution in [0.2, 0.25) is 0 Å².